The van der Waals surface area contributed by atoms with E-state index in [2.05, 4.69) is 51.8 Å². The van der Waals surface area contributed by atoms with E-state index in [1.165, 1.54) is 20.6 Å². The van der Waals surface area contributed by atoms with Gasteiger partial charge in [0.1, 0.15) is 0 Å². The summed E-state index contributed by atoms with van der Waals surface area (Å²) >= 11 is 9.28. The fraction of sp³-hybridized carbons (Fsp3) is 0.667. The Morgan fingerprint density at radius 2 is 2.38 bits per heavy atom. The summed E-state index contributed by atoms with van der Waals surface area (Å²) in [6.07, 6.45) is 2.70. The van der Waals surface area contributed by atoms with E-state index in [0.717, 1.165) is 13.0 Å². The molecule has 0 amide bonds. The molecule has 1 aromatic heterocycles. The number of hydrogen-bond donors (Lipinski definition) is 0. The van der Waals surface area contributed by atoms with Crippen molar-refractivity contribution in [3.63, 3.8) is 0 Å². The molecule has 1 saturated heterocycles. The molecule has 4 heteroatoms. The molecule has 0 aliphatic carbocycles. The van der Waals surface area contributed by atoms with Gasteiger partial charge in [0, 0.05) is 17.4 Å². The lowest BCUT2D eigenvalue weighted by Crippen LogP contribution is -2.18. The van der Waals surface area contributed by atoms with Crippen molar-refractivity contribution in [1.29, 1.82) is 0 Å². The molecule has 0 N–H and O–H groups in total. The lowest BCUT2D eigenvalue weighted by atomic mass is 9.95. The van der Waals surface area contributed by atoms with Crippen LogP contribution in [0.2, 0.25) is 0 Å². The van der Waals surface area contributed by atoms with Gasteiger partial charge in [-0.05, 0) is 47.3 Å². The standard InChI is InChI=1S/C12H16Br2OS/c1-3-9-8(4-5-15-9)11(13)10-6-7(2)12(14)16-10/h6,8-9,11H,3-5H2,1-2H3. The van der Waals surface area contributed by atoms with Gasteiger partial charge >= 0.3 is 0 Å². The molecule has 1 aliphatic rings. The highest BCUT2D eigenvalue weighted by atomic mass is 79.9. The van der Waals surface area contributed by atoms with Crippen molar-refractivity contribution in [2.45, 2.75) is 37.6 Å². The molecule has 0 radical (unpaired) electrons. The third-order valence-corrected chi connectivity index (χ3v) is 6.88. The predicted molar refractivity (Wildman–Crippen MR) is 76.6 cm³/mol. The van der Waals surface area contributed by atoms with Crippen LogP contribution in [0, 0.1) is 12.8 Å². The van der Waals surface area contributed by atoms with E-state index in [-0.39, 0.29) is 0 Å². The Balaban J connectivity index is 2.14. The minimum Gasteiger partial charge on any atom is -0.378 e. The van der Waals surface area contributed by atoms with Crippen molar-refractivity contribution in [2.24, 2.45) is 5.92 Å². The van der Waals surface area contributed by atoms with E-state index >= 15 is 0 Å². The molecule has 90 valence electrons. The maximum absolute atomic E-state index is 5.76. The van der Waals surface area contributed by atoms with E-state index in [1.807, 2.05) is 11.3 Å². The summed E-state index contributed by atoms with van der Waals surface area (Å²) in [5.41, 5.74) is 1.33. The molecule has 0 spiro atoms. The first-order valence-corrected chi connectivity index (χ1v) is 8.17. The average molecular weight is 368 g/mol. The number of aryl methyl sites for hydroxylation is 1. The van der Waals surface area contributed by atoms with Crippen LogP contribution in [0.15, 0.2) is 9.85 Å². The fourth-order valence-electron chi connectivity index (χ4n) is 2.25. The normalized spacial score (nSPS) is 27.2. The molecule has 0 saturated carbocycles. The third-order valence-electron chi connectivity index (χ3n) is 3.19. The topological polar surface area (TPSA) is 9.23 Å². The quantitative estimate of drug-likeness (QED) is 0.677. The summed E-state index contributed by atoms with van der Waals surface area (Å²) in [7, 11) is 0. The number of halogens is 2. The Kier molecular flexibility index (Phi) is 4.50. The van der Waals surface area contributed by atoms with Crippen molar-refractivity contribution >= 4 is 43.2 Å². The zero-order valence-electron chi connectivity index (χ0n) is 9.50. The largest absolute Gasteiger partial charge is 0.378 e. The van der Waals surface area contributed by atoms with Crippen LogP contribution in [-0.4, -0.2) is 12.7 Å². The van der Waals surface area contributed by atoms with E-state index in [1.54, 1.807) is 0 Å². The van der Waals surface area contributed by atoms with Crippen LogP contribution in [0.4, 0.5) is 0 Å². The van der Waals surface area contributed by atoms with Gasteiger partial charge < -0.3 is 4.74 Å². The van der Waals surface area contributed by atoms with Crippen molar-refractivity contribution in [2.75, 3.05) is 6.61 Å². The molecule has 0 bridgehead atoms. The van der Waals surface area contributed by atoms with Crippen molar-refractivity contribution in [3.8, 4) is 0 Å². The molecule has 0 aromatic carbocycles. The van der Waals surface area contributed by atoms with Crippen LogP contribution in [0.25, 0.3) is 0 Å². The molecular formula is C12H16Br2OS. The van der Waals surface area contributed by atoms with Crippen LogP contribution in [0.1, 0.15) is 35.0 Å². The zero-order chi connectivity index (χ0) is 11.7. The molecule has 1 aromatic rings. The van der Waals surface area contributed by atoms with E-state index in [0.29, 0.717) is 16.8 Å². The summed E-state index contributed by atoms with van der Waals surface area (Å²) in [5.74, 6) is 0.620. The molecular weight excluding hydrogens is 352 g/mol. The number of ether oxygens (including phenoxy) is 1. The third kappa shape index (κ3) is 2.55. The van der Waals surface area contributed by atoms with Crippen molar-refractivity contribution < 1.29 is 4.74 Å². The molecule has 1 nitrogen and oxygen atoms in total. The summed E-state index contributed by atoms with van der Waals surface area (Å²) in [6, 6.07) is 2.28. The highest BCUT2D eigenvalue weighted by Gasteiger charge is 2.33. The number of thiophene rings is 1. The van der Waals surface area contributed by atoms with Gasteiger partial charge in [0.15, 0.2) is 0 Å². The molecule has 1 aliphatic heterocycles. The van der Waals surface area contributed by atoms with E-state index in [4.69, 9.17) is 4.74 Å². The Labute approximate surface area is 118 Å². The SMILES string of the molecule is CCC1OCCC1C(Br)c1cc(C)c(Br)s1. The minimum atomic E-state index is 0.422. The van der Waals surface area contributed by atoms with Gasteiger partial charge in [0.2, 0.25) is 0 Å². The van der Waals surface area contributed by atoms with Crippen LogP contribution in [0.3, 0.4) is 0 Å². The van der Waals surface area contributed by atoms with Crippen molar-refractivity contribution in [1.82, 2.24) is 0 Å². The van der Waals surface area contributed by atoms with Gasteiger partial charge in [-0.1, -0.05) is 22.9 Å². The molecule has 2 rings (SSSR count). The van der Waals surface area contributed by atoms with Crippen LogP contribution in [-0.2, 0) is 4.74 Å². The van der Waals surface area contributed by atoms with Crippen LogP contribution in [0.5, 0.6) is 0 Å². The first-order valence-electron chi connectivity index (χ1n) is 5.65. The molecule has 1 fully saturated rings. The number of hydrogen-bond acceptors (Lipinski definition) is 2. The second-order valence-corrected chi connectivity index (χ2v) is 7.67. The first-order chi connectivity index (χ1) is 7.63. The van der Waals surface area contributed by atoms with Gasteiger partial charge in [-0.2, -0.15) is 0 Å². The number of alkyl halides is 1. The Hall–Kier alpha value is 0.620. The lowest BCUT2D eigenvalue weighted by molar-refractivity contribution is 0.0874. The lowest BCUT2D eigenvalue weighted by Gasteiger charge is -2.21. The fourth-order valence-corrected chi connectivity index (χ4v) is 4.89. The van der Waals surface area contributed by atoms with Gasteiger partial charge in [-0.15, -0.1) is 11.3 Å². The highest BCUT2D eigenvalue weighted by Crippen LogP contribution is 2.44. The summed E-state index contributed by atoms with van der Waals surface area (Å²) < 4.78 is 7.01. The van der Waals surface area contributed by atoms with E-state index in [9.17, 15) is 0 Å². The average Bonchev–Trinajstić information content (AvgIpc) is 2.85. The monoisotopic (exact) mass is 366 g/mol. The summed E-state index contributed by atoms with van der Waals surface area (Å²) in [5, 5.41) is 0. The van der Waals surface area contributed by atoms with Crippen LogP contribution >= 0.6 is 43.2 Å². The minimum absolute atomic E-state index is 0.422. The zero-order valence-corrected chi connectivity index (χ0v) is 13.5. The van der Waals surface area contributed by atoms with Crippen molar-refractivity contribution in [3.05, 3.63) is 20.3 Å². The summed E-state index contributed by atoms with van der Waals surface area (Å²) in [6.45, 7) is 5.27. The maximum atomic E-state index is 5.76. The van der Waals surface area contributed by atoms with E-state index < -0.39 is 0 Å². The molecule has 3 unspecified atom stereocenters. The Bertz CT molecular complexity index is 344. The maximum Gasteiger partial charge on any atom is 0.0730 e. The number of rotatable bonds is 3. The Morgan fingerprint density at radius 1 is 1.62 bits per heavy atom. The highest BCUT2D eigenvalue weighted by molar-refractivity contribution is 9.11. The smallest absolute Gasteiger partial charge is 0.0730 e. The van der Waals surface area contributed by atoms with Gasteiger partial charge in [-0.3, -0.25) is 0 Å². The first kappa shape index (κ1) is 13.1. The summed E-state index contributed by atoms with van der Waals surface area (Å²) in [4.78, 5) is 1.85. The van der Waals surface area contributed by atoms with Gasteiger partial charge in [-0.25, -0.2) is 0 Å². The van der Waals surface area contributed by atoms with Gasteiger partial charge in [0.05, 0.1) is 14.7 Å². The second kappa shape index (κ2) is 5.51. The molecule has 2 heterocycles. The van der Waals surface area contributed by atoms with Crippen LogP contribution < -0.4 is 0 Å². The molecule has 3 atom stereocenters. The van der Waals surface area contributed by atoms with Gasteiger partial charge in [0.25, 0.3) is 0 Å². The predicted octanol–water partition coefficient (Wildman–Crippen LogP) is 5.07. The molecule has 16 heavy (non-hydrogen) atoms. The Morgan fingerprint density at radius 3 is 2.94 bits per heavy atom. The second-order valence-electron chi connectivity index (χ2n) is 4.28.